The van der Waals surface area contributed by atoms with E-state index in [1.807, 2.05) is 11.0 Å². The maximum atomic E-state index is 12.4. The molecule has 0 spiro atoms. The van der Waals surface area contributed by atoms with Gasteiger partial charge in [-0.3, -0.25) is 9.59 Å². The van der Waals surface area contributed by atoms with E-state index < -0.39 is 0 Å². The minimum Gasteiger partial charge on any atom is -0.353 e. The molecule has 2 aliphatic rings. The minimum atomic E-state index is -0.0487. The predicted octanol–water partition coefficient (Wildman–Crippen LogP) is 2.37. The molecule has 1 N–H and O–H groups in total. The van der Waals surface area contributed by atoms with Crippen LogP contribution in [0.25, 0.3) is 0 Å². The maximum Gasteiger partial charge on any atom is 0.251 e. The Morgan fingerprint density at radius 3 is 2.69 bits per heavy atom. The zero-order valence-electron chi connectivity index (χ0n) is 15.5. The summed E-state index contributed by atoms with van der Waals surface area (Å²) in [4.78, 5) is 32.2. The number of amides is 2. The second-order valence-corrected chi connectivity index (χ2v) is 7.01. The number of nitrogens with zero attached hydrogens (tertiary/aromatic N) is 3. The monoisotopic (exact) mass is 356 g/mol. The van der Waals surface area contributed by atoms with Gasteiger partial charge in [-0.1, -0.05) is 11.6 Å². The number of nitrogens with one attached hydrogen (secondary N) is 1. The first-order valence-electron chi connectivity index (χ1n) is 9.56. The van der Waals surface area contributed by atoms with Crippen LogP contribution in [0.5, 0.6) is 0 Å². The van der Waals surface area contributed by atoms with Gasteiger partial charge in [0.2, 0.25) is 5.91 Å². The van der Waals surface area contributed by atoms with Crippen molar-refractivity contribution in [3.63, 3.8) is 0 Å². The van der Waals surface area contributed by atoms with Crippen molar-refractivity contribution >= 4 is 17.6 Å². The van der Waals surface area contributed by atoms with E-state index in [-0.39, 0.29) is 11.8 Å². The Balaban J connectivity index is 1.52. The first-order valence-corrected chi connectivity index (χ1v) is 9.56. The number of hydrogen-bond donors (Lipinski definition) is 1. The van der Waals surface area contributed by atoms with Gasteiger partial charge in [-0.05, 0) is 44.2 Å². The highest BCUT2D eigenvalue weighted by Gasteiger charge is 2.20. The minimum absolute atomic E-state index is 0.0487. The van der Waals surface area contributed by atoms with E-state index in [9.17, 15) is 9.59 Å². The molecule has 140 valence electrons. The van der Waals surface area contributed by atoms with Crippen LogP contribution >= 0.6 is 0 Å². The molecule has 6 heteroatoms. The first kappa shape index (κ1) is 18.4. The number of carbonyl (C=O) groups excluding carboxylic acids is 2. The molecule has 0 unspecified atom stereocenters. The summed E-state index contributed by atoms with van der Waals surface area (Å²) in [6, 6.07) is 3.60. The summed E-state index contributed by atoms with van der Waals surface area (Å²) < 4.78 is 0. The van der Waals surface area contributed by atoms with Crippen molar-refractivity contribution in [2.75, 3.05) is 37.6 Å². The zero-order chi connectivity index (χ0) is 18.4. The van der Waals surface area contributed by atoms with Crippen LogP contribution in [-0.2, 0) is 4.79 Å². The van der Waals surface area contributed by atoms with Gasteiger partial charge in [0, 0.05) is 51.4 Å². The van der Waals surface area contributed by atoms with Crippen LogP contribution in [-0.4, -0.2) is 54.4 Å². The van der Waals surface area contributed by atoms with Crippen molar-refractivity contribution in [3.05, 3.63) is 35.5 Å². The van der Waals surface area contributed by atoms with Crippen LogP contribution in [0, 0.1) is 0 Å². The third kappa shape index (κ3) is 4.84. The lowest BCUT2D eigenvalue weighted by Gasteiger charge is -2.35. The van der Waals surface area contributed by atoms with Gasteiger partial charge in [0.25, 0.3) is 5.91 Å². The van der Waals surface area contributed by atoms with E-state index in [1.54, 1.807) is 19.2 Å². The Morgan fingerprint density at radius 1 is 1.19 bits per heavy atom. The number of piperazine rings is 1. The highest BCUT2D eigenvalue weighted by Crippen LogP contribution is 2.19. The van der Waals surface area contributed by atoms with E-state index in [1.165, 1.54) is 31.3 Å². The Hall–Kier alpha value is -2.37. The van der Waals surface area contributed by atoms with E-state index >= 15 is 0 Å². The average Bonchev–Trinajstić information content (AvgIpc) is 2.69. The molecule has 2 heterocycles. The average molecular weight is 356 g/mol. The van der Waals surface area contributed by atoms with Gasteiger partial charge in [0.1, 0.15) is 5.82 Å². The molecule has 3 rings (SSSR count). The number of pyridine rings is 1. The van der Waals surface area contributed by atoms with Crippen molar-refractivity contribution in [1.29, 1.82) is 0 Å². The van der Waals surface area contributed by atoms with Crippen LogP contribution in [0.3, 0.4) is 0 Å². The molecule has 1 fully saturated rings. The van der Waals surface area contributed by atoms with E-state index in [2.05, 4.69) is 21.3 Å². The van der Waals surface area contributed by atoms with Crippen LogP contribution in [0.2, 0.25) is 0 Å². The van der Waals surface area contributed by atoms with Crippen LogP contribution < -0.4 is 10.2 Å². The molecule has 1 aliphatic carbocycles. The quantitative estimate of drug-likeness (QED) is 0.823. The Labute approximate surface area is 155 Å². The van der Waals surface area contributed by atoms with Crippen molar-refractivity contribution in [2.24, 2.45) is 0 Å². The van der Waals surface area contributed by atoms with Gasteiger partial charge < -0.3 is 15.1 Å². The molecule has 0 radical (unpaired) electrons. The van der Waals surface area contributed by atoms with Gasteiger partial charge in [0.05, 0.1) is 0 Å². The fraction of sp³-hybridized carbons (Fsp3) is 0.550. The Kier molecular flexibility index (Phi) is 6.26. The van der Waals surface area contributed by atoms with Crippen molar-refractivity contribution in [1.82, 2.24) is 15.2 Å². The lowest BCUT2D eigenvalue weighted by atomic mass is 9.97. The second-order valence-electron chi connectivity index (χ2n) is 7.01. The number of allylic oxidation sites excluding steroid dienone is 1. The summed E-state index contributed by atoms with van der Waals surface area (Å²) >= 11 is 0. The molecule has 0 bridgehead atoms. The van der Waals surface area contributed by atoms with Crippen LogP contribution in [0.15, 0.2) is 30.0 Å². The smallest absolute Gasteiger partial charge is 0.251 e. The van der Waals surface area contributed by atoms with Gasteiger partial charge >= 0.3 is 0 Å². The molecule has 1 saturated heterocycles. The SMILES string of the molecule is CC(=O)N1CCN(c2cc(C(=O)NCCC3=CCCCC3)ccn2)CC1. The fourth-order valence-electron chi connectivity index (χ4n) is 3.55. The molecular formula is C20H28N4O2. The highest BCUT2D eigenvalue weighted by molar-refractivity contribution is 5.94. The lowest BCUT2D eigenvalue weighted by Crippen LogP contribution is -2.48. The number of hydrogen-bond acceptors (Lipinski definition) is 4. The number of rotatable bonds is 5. The molecule has 1 aliphatic heterocycles. The highest BCUT2D eigenvalue weighted by atomic mass is 16.2. The topological polar surface area (TPSA) is 65.5 Å². The normalized spacial score (nSPS) is 17.7. The van der Waals surface area contributed by atoms with Crippen molar-refractivity contribution in [3.8, 4) is 0 Å². The standard InChI is InChI=1S/C20H28N4O2/c1-16(25)23-11-13-24(14-12-23)19-15-18(8-10-21-19)20(26)22-9-7-17-5-3-2-4-6-17/h5,8,10,15H,2-4,6-7,9,11-14H2,1H3,(H,22,26). The number of aromatic nitrogens is 1. The molecule has 6 nitrogen and oxygen atoms in total. The molecule has 1 aromatic rings. The summed E-state index contributed by atoms with van der Waals surface area (Å²) in [5.74, 6) is 0.863. The van der Waals surface area contributed by atoms with Crippen LogP contribution in [0.4, 0.5) is 5.82 Å². The molecule has 0 atom stereocenters. The van der Waals surface area contributed by atoms with Crippen molar-refractivity contribution < 1.29 is 9.59 Å². The zero-order valence-corrected chi connectivity index (χ0v) is 15.5. The van der Waals surface area contributed by atoms with Crippen molar-refractivity contribution in [2.45, 2.75) is 39.0 Å². The van der Waals surface area contributed by atoms with Crippen LogP contribution in [0.1, 0.15) is 49.4 Å². The molecule has 0 saturated carbocycles. The molecule has 1 aromatic heterocycles. The summed E-state index contributed by atoms with van der Waals surface area (Å²) in [6.45, 7) is 5.16. The molecule has 2 amide bonds. The van der Waals surface area contributed by atoms with E-state index in [0.717, 1.165) is 25.3 Å². The second kappa shape index (κ2) is 8.83. The van der Waals surface area contributed by atoms with E-state index in [0.29, 0.717) is 25.2 Å². The van der Waals surface area contributed by atoms with Gasteiger partial charge in [0.15, 0.2) is 0 Å². The molecule has 26 heavy (non-hydrogen) atoms. The Morgan fingerprint density at radius 2 is 2.00 bits per heavy atom. The third-order valence-electron chi connectivity index (χ3n) is 5.17. The number of anilines is 1. The van der Waals surface area contributed by atoms with Gasteiger partial charge in [-0.15, -0.1) is 0 Å². The largest absolute Gasteiger partial charge is 0.353 e. The summed E-state index contributed by atoms with van der Waals surface area (Å²) in [5, 5.41) is 3.02. The Bertz CT molecular complexity index is 678. The molecule has 0 aromatic carbocycles. The third-order valence-corrected chi connectivity index (χ3v) is 5.17. The maximum absolute atomic E-state index is 12.4. The summed E-state index contributed by atoms with van der Waals surface area (Å²) in [7, 11) is 0. The van der Waals surface area contributed by atoms with Gasteiger partial charge in [-0.25, -0.2) is 4.98 Å². The van der Waals surface area contributed by atoms with Gasteiger partial charge in [-0.2, -0.15) is 0 Å². The first-order chi connectivity index (χ1) is 12.6. The molecular weight excluding hydrogens is 328 g/mol. The summed E-state index contributed by atoms with van der Waals surface area (Å²) in [6.07, 6.45) is 9.85. The van der Waals surface area contributed by atoms with E-state index in [4.69, 9.17) is 0 Å². The predicted molar refractivity (Wildman–Crippen MR) is 102 cm³/mol. The fourth-order valence-corrected chi connectivity index (χ4v) is 3.55. The lowest BCUT2D eigenvalue weighted by molar-refractivity contribution is -0.129. The summed E-state index contributed by atoms with van der Waals surface area (Å²) in [5.41, 5.74) is 2.11. The number of carbonyl (C=O) groups is 2.